The van der Waals surface area contributed by atoms with Crippen molar-refractivity contribution >= 4 is 11.9 Å². The molecule has 1 aromatic heterocycles. The quantitative estimate of drug-likeness (QED) is 0.905. The molecule has 1 aromatic rings. The number of aromatic nitrogens is 2. The number of hydrogen-bond donors (Lipinski definition) is 1. The number of carboxylic acid groups (broad SMARTS) is 1. The summed E-state index contributed by atoms with van der Waals surface area (Å²) in [7, 11) is 0. The second-order valence-electron chi connectivity index (χ2n) is 6.62. The van der Waals surface area contributed by atoms with Crippen LogP contribution in [0.4, 0.5) is 0 Å². The highest BCUT2D eigenvalue weighted by molar-refractivity contribution is 5.85. The summed E-state index contributed by atoms with van der Waals surface area (Å²) in [6, 6.07) is 1.72. The normalized spacial score (nSPS) is 27.6. The number of carboxylic acids is 1. The van der Waals surface area contributed by atoms with E-state index in [0.717, 1.165) is 19.3 Å². The molecule has 2 fully saturated rings. The maximum absolute atomic E-state index is 12.8. The molecule has 7 nitrogen and oxygen atoms in total. The van der Waals surface area contributed by atoms with Crippen LogP contribution in [-0.2, 0) is 19.9 Å². The predicted molar refractivity (Wildman–Crippen MR) is 81.9 cm³/mol. The third kappa shape index (κ3) is 2.73. The molecule has 1 atom stereocenters. The number of carbonyl (C=O) groups excluding carboxylic acids is 1. The molecule has 0 spiro atoms. The fraction of sp³-hybridized carbons (Fsp3) is 0.688. The Hall–Kier alpha value is -1.89. The van der Waals surface area contributed by atoms with Crippen molar-refractivity contribution < 1.29 is 19.4 Å². The first kappa shape index (κ1) is 16.0. The van der Waals surface area contributed by atoms with Crippen molar-refractivity contribution in [3.63, 3.8) is 0 Å². The van der Waals surface area contributed by atoms with E-state index in [1.165, 1.54) is 4.68 Å². The lowest BCUT2D eigenvalue weighted by Gasteiger charge is -2.43. The van der Waals surface area contributed by atoms with Gasteiger partial charge in [-0.05, 0) is 32.3 Å². The fourth-order valence-electron chi connectivity index (χ4n) is 3.58. The largest absolute Gasteiger partial charge is 0.479 e. The summed E-state index contributed by atoms with van der Waals surface area (Å²) in [6.07, 6.45) is 6.67. The van der Waals surface area contributed by atoms with Crippen LogP contribution in [0.25, 0.3) is 0 Å². The topological polar surface area (TPSA) is 84.7 Å². The Morgan fingerprint density at radius 3 is 2.48 bits per heavy atom. The maximum Gasteiger partial charge on any atom is 0.331 e. The summed E-state index contributed by atoms with van der Waals surface area (Å²) in [5, 5.41) is 13.8. The van der Waals surface area contributed by atoms with Crippen LogP contribution in [0.3, 0.4) is 0 Å². The molecule has 126 valence electrons. The number of carbonyl (C=O) groups is 2. The van der Waals surface area contributed by atoms with Gasteiger partial charge in [0.2, 0.25) is 0 Å². The van der Waals surface area contributed by atoms with Gasteiger partial charge in [0.1, 0.15) is 5.60 Å². The van der Waals surface area contributed by atoms with Gasteiger partial charge in [-0.1, -0.05) is 0 Å². The molecule has 23 heavy (non-hydrogen) atoms. The molecule has 3 rings (SSSR count). The fourth-order valence-corrected chi connectivity index (χ4v) is 3.58. The number of rotatable bonds is 3. The molecular weight excluding hydrogens is 298 g/mol. The van der Waals surface area contributed by atoms with Crippen LogP contribution in [0.2, 0.25) is 0 Å². The lowest BCUT2D eigenvalue weighted by atomic mass is 9.86. The van der Waals surface area contributed by atoms with E-state index >= 15 is 0 Å². The standard InChI is InChI=1S/C16H23N3O4/c1-15(5-2-3-12-23-15)13(20)18-10-6-16(7-11-18,14(21)22)19-9-4-8-17-19/h4,8-9H,2-3,5-7,10-12H2,1H3,(H,21,22)/t15-/m1/s1. The summed E-state index contributed by atoms with van der Waals surface area (Å²) in [5.41, 5.74) is -1.82. The van der Waals surface area contributed by atoms with Crippen molar-refractivity contribution in [2.45, 2.75) is 50.2 Å². The molecule has 2 aliphatic rings. The number of likely N-dealkylation sites (tertiary alicyclic amines) is 1. The highest BCUT2D eigenvalue weighted by Crippen LogP contribution is 2.33. The number of hydrogen-bond acceptors (Lipinski definition) is 4. The summed E-state index contributed by atoms with van der Waals surface area (Å²) in [4.78, 5) is 26.3. The van der Waals surface area contributed by atoms with Gasteiger partial charge in [-0.25, -0.2) is 4.79 Å². The van der Waals surface area contributed by atoms with Gasteiger partial charge in [0.15, 0.2) is 5.54 Å². The van der Waals surface area contributed by atoms with E-state index in [2.05, 4.69) is 5.10 Å². The van der Waals surface area contributed by atoms with Crippen LogP contribution >= 0.6 is 0 Å². The Morgan fingerprint density at radius 1 is 1.22 bits per heavy atom. The van der Waals surface area contributed by atoms with Crippen molar-refractivity contribution in [1.29, 1.82) is 0 Å². The molecule has 0 aromatic carbocycles. The lowest BCUT2D eigenvalue weighted by Crippen LogP contribution is -2.57. The molecule has 3 heterocycles. The third-order valence-corrected chi connectivity index (χ3v) is 5.14. The van der Waals surface area contributed by atoms with Crippen molar-refractivity contribution in [2.75, 3.05) is 19.7 Å². The first-order valence-corrected chi connectivity index (χ1v) is 8.15. The van der Waals surface area contributed by atoms with Gasteiger partial charge in [0, 0.05) is 44.9 Å². The predicted octanol–water partition coefficient (Wildman–Crippen LogP) is 1.24. The van der Waals surface area contributed by atoms with Gasteiger partial charge in [-0.2, -0.15) is 5.10 Å². The molecule has 1 amide bonds. The Balaban J connectivity index is 1.72. The first-order chi connectivity index (χ1) is 11.0. The molecule has 0 radical (unpaired) electrons. The van der Waals surface area contributed by atoms with Crippen LogP contribution in [0.15, 0.2) is 18.5 Å². The molecule has 2 saturated heterocycles. The van der Waals surface area contributed by atoms with E-state index in [0.29, 0.717) is 32.5 Å². The van der Waals surface area contributed by atoms with E-state index in [1.807, 2.05) is 6.92 Å². The zero-order chi connectivity index (χ0) is 16.5. The van der Waals surface area contributed by atoms with Crippen LogP contribution in [0.5, 0.6) is 0 Å². The second-order valence-corrected chi connectivity index (χ2v) is 6.62. The van der Waals surface area contributed by atoms with Crippen LogP contribution in [0.1, 0.15) is 39.0 Å². The minimum atomic E-state index is -1.06. The second kappa shape index (κ2) is 5.96. The van der Waals surface area contributed by atoms with E-state index < -0.39 is 17.1 Å². The molecule has 0 saturated carbocycles. The zero-order valence-electron chi connectivity index (χ0n) is 13.4. The molecule has 1 N–H and O–H groups in total. The molecule has 2 aliphatic heterocycles. The molecule has 0 bridgehead atoms. The van der Waals surface area contributed by atoms with Gasteiger partial charge in [0.25, 0.3) is 5.91 Å². The van der Waals surface area contributed by atoms with E-state index in [1.54, 1.807) is 23.4 Å². The molecular formula is C16H23N3O4. The zero-order valence-corrected chi connectivity index (χ0v) is 13.4. The van der Waals surface area contributed by atoms with Crippen molar-refractivity contribution in [3.8, 4) is 0 Å². The highest BCUT2D eigenvalue weighted by atomic mass is 16.5. The summed E-state index contributed by atoms with van der Waals surface area (Å²) in [5.74, 6) is -0.912. The highest BCUT2D eigenvalue weighted by Gasteiger charge is 2.47. The Kier molecular flexibility index (Phi) is 4.14. The lowest BCUT2D eigenvalue weighted by molar-refractivity contribution is -0.167. The van der Waals surface area contributed by atoms with Gasteiger partial charge in [-0.15, -0.1) is 0 Å². The Morgan fingerprint density at radius 2 is 1.96 bits per heavy atom. The third-order valence-electron chi connectivity index (χ3n) is 5.14. The van der Waals surface area contributed by atoms with E-state index in [4.69, 9.17) is 4.74 Å². The summed E-state index contributed by atoms with van der Waals surface area (Å²) >= 11 is 0. The summed E-state index contributed by atoms with van der Waals surface area (Å²) < 4.78 is 7.24. The number of piperidine rings is 1. The van der Waals surface area contributed by atoms with Gasteiger partial charge in [-0.3, -0.25) is 9.48 Å². The van der Waals surface area contributed by atoms with Crippen molar-refractivity contribution in [1.82, 2.24) is 14.7 Å². The van der Waals surface area contributed by atoms with Gasteiger partial charge in [0.05, 0.1) is 0 Å². The van der Waals surface area contributed by atoms with Gasteiger partial charge >= 0.3 is 5.97 Å². The Labute approximate surface area is 135 Å². The number of nitrogens with zero attached hydrogens (tertiary/aromatic N) is 3. The number of aliphatic carboxylic acids is 1. The van der Waals surface area contributed by atoms with Crippen LogP contribution in [0, 0.1) is 0 Å². The minimum absolute atomic E-state index is 0.0170. The van der Waals surface area contributed by atoms with E-state index in [-0.39, 0.29) is 5.91 Å². The number of amides is 1. The smallest absolute Gasteiger partial charge is 0.331 e. The molecule has 7 heteroatoms. The van der Waals surface area contributed by atoms with Crippen molar-refractivity contribution in [2.24, 2.45) is 0 Å². The first-order valence-electron chi connectivity index (χ1n) is 8.15. The minimum Gasteiger partial charge on any atom is -0.479 e. The average Bonchev–Trinajstić information content (AvgIpc) is 3.09. The summed E-state index contributed by atoms with van der Waals surface area (Å²) in [6.45, 7) is 3.28. The van der Waals surface area contributed by atoms with Crippen LogP contribution < -0.4 is 0 Å². The van der Waals surface area contributed by atoms with E-state index in [9.17, 15) is 14.7 Å². The molecule has 0 aliphatic carbocycles. The van der Waals surface area contributed by atoms with Crippen LogP contribution in [-0.4, -0.2) is 57.0 Å². The monoisotopic (exact) mass is 321 g/mol. The SMILES string of the molecule is C[C@]1(C(=O)N2CCC(C(=O)O)(n3cccn3)CC2)CCCCO1. The average molecular weight is 321 g/mol. The molecule has 0 unspecified atom stereocenters. The van der Waals surface area contributed by atoms with Gasteiger partial charge < -0.3 is 14.7 Å². The Bertz CT molecular complexity index is 570. The number of ether oxygens (including phenoxy) is 1. The maximum atomic E-state index is 12.8. The van der Waals surface area contributed by atoms with Crippen molar-refractivity contribution in [3.05, 3.63) is 18.5 Å².